The third-order valence-electron chi connectivity index (χ3n) is 3.56. The highest BCUT2D eigenvalue weighted by molar-refractivity contribution is 9.10. The van der Waals surface area contributed by atoms with E-state index in [0.29, 0.717) is 5.56 Å². The molecular weight excluding hydrogens is 330 g/mol. The number of anilines is 2. The topological polar surface area (TPSA) is 45.2 Å². The Bertz CT molecular complexity index is 636. The van der Waals surface area contributed by atoms with Crippen molar-refractivity contribution < 1.29 is 4.79 Å². The molecule has 0 spiro atoms. The number of aromatic nitrogens is 1. The minimum Gasteiger partial charge on any atom is -0.372 e. The molecule has 0 bridgehead atoms. The van der Waals surface area contributed by atoms with Crippen molar-refractivity contribution in [2.45, 2.75) is 12.8 Å². The van der Waals surface area contributed by atoms with Gasteiger partial charge in [0.05, 0.1) is 5.56 Å². The van der Waals surface area contributed by atoms with Gasteiger partial charge in [-0.3, -0.25) is 9.78 Å². The van der Waals surface area contributed by atoms with E-state index in [1.54, 1.807) is 18.5 Å². The molecular formula is C16H16BrN3O. The number of carbonyl (C=O) groups excluding carboxylic acids is 1. The van der Waals surface area contributed by atoms with Crippen LogP contribution in [-0.2, 0) is 0 Å². The molecule has 3 rings (SSSR count). The zero-order valence-electron chi connectivity index (χ0n) is 11.6. The number of amides is 1. The molecule has 108 valence electrons. The summed E-state index contributed by atoms with van der Waals surface area (Å²) in [5, 5.41) is 2.88. The summed E-state index contributed by atoms with van der Waals surface area (Å²) in [5.74, 6) is -0.155. The summed E-state index contributed by atoms with van der Waals surface area (Å²) in [6, 6.07) is 9.75. The molecule has 1 aromatic heterocycles. The van der Waals surface area contributed by atoms with Crippen molar-refractivity contribution >= 4 is 33.2 Å². The Balaban J connectivity index is 1.68. The molecule has 2 aromatic rings. The van der Waals surface area contributed by atoms with Gasteiger partial charge in [0.15, 0.2) is 0 Å². The molecule has 0 atom stereocenters. The number of hydrogen-bond acceptors (Lipinski definition) is 3. The lowest BCUT2D eigenvalue weighted by Crippen LogP contribution is -2.17. The van der Waals surface area contributed by atoms with E-state index >= 15 is 0 Å². The molecule has 1 amide bonds. The Morgan fingerprint density at radius 1 is 1.14 bits per heavy atom. The van der Waals surface area contributed by atoms with Gasteiger partial charge in [-0.05, 0) is 59.1 Å². The van der Waals surface area contributed by atoms with Crippen molar-refractivity contribution in [2.75, 3.05) is 23.3 Å². The second-order valence-corrected chi connectivity index (χ2v) is 6.00. The molecule has 1 aliphatic heterocycles. The van der Waals surface area contributed by atoms with E-state index in [-0.39, 0.29) is 5.91 Å². The normalized spacial score (nSPS) is 14.2. The summed E-state index contributed by atoms with van der Waals surface area (Å²) in [4.78, 5) is 18.5. The fraction of sp³-hybridized carbons (Fsp3) is 0.250. The molecule has 0 aliphatic carbocycles. The summed E-state index contributed by atoms with van der Waals surface area (Å²) in [6.07, 6.45) is 5.73. The zero-order valence-corrected chi connectivity index (χ0v) is 13.1. The number of carbonyl (C=O) groups is 1. The standard InChI is InChI=1S/C16H16BrN3O/c17-13-9-12(10-18-11-13)16(21)19-14-3-5-15(6-4-14)20-7-1-2-8-20/h3-6,9-11H,1-2,7-8H2,(H,19,21). The number of nitrogens with zero attached hydrogens (tertiary/aromatic N) is 2. The van der Waals surface area contributed by atoms with Crippen LogP contribution in [0.2, 0.25) is 0 Å². The first-order valence-corrected chi connectivity index (χ1v) is 7.78. The van der Waals surface area contributed by atoms with Crippen LogP contribution in [0.1, 0.15) is 23.2 Å². The third-order valence-corrected chi connectivity index (χ3v) is 4.00. The molecule has 1 aromatic carbocycles. The maximum absolute atomic E-state index is 12.1. The SMILES string of the molecule is O=C(Nc1ccc(N2CCCC2)cc1)c1cncc(Br)c1. The largest absolute Gasteiger partial charge is 0.372 e. The molecule has 0 saturated carbocycles. The molecule has 0 radical (unpaired) electrons. The fourth-order valence-electron chi connectivity index (χ4n) is 2.47. The van der Waals surface area contributed by atoms with Crippen LogP contribution in [0, 0.1) is 0 Å². The quantitative estimate of drug-likeness (QED) is 0.922. The van der Waals surface area contributed by atoms with Gasteiger partial charge in [-0.25, -0.2) is 0 Å². The smallest absolute Gasteiger partial charge is 0.257 e. The number of hydrogen-bond donors (Lipinski definition) is 1. The molecule has 5 heteroatoms. The minimum atomic E-state index is -0.155. The van der Waals surface area contributed by atoms with Gasteiger partial charge < -0.3 is 10.2 Å². The Kier molecular flexibility index (Phi) is 4.20. The Labute approximate surface area is 132 Å². The van der Waals surface area contributed by atoms with Gasteiger partial charge in [0.25, 0.3) is 5.91 Å². The van der Waals surface area contributed by atoms with E-state index in [0.717, 1.165) is 23.2 Å². The van der Waals surface area contributed by atoms with Crippen LogP contribution in [0.4, 0.5) is 11.4 Å². The van der Waals surface area contributed by atoms with E-state index in [1.807, 2.05) is 12.1 Å². The number of rotatable bonds is 3. The maximum Gasteiger partial charge on any atom is 0.257 e. The van der Waals surface area contributed by atoms with E-state index in [1.165, 1.54) is 18.5 Å². The first-order valence-electron chi connectivity index (χ1n) is 6.99. The van der Waals surface area contributed by atoms with Gasteiger partial charge in [0.1, 0.15) is 0 Å². The lowest BCUT2D eigenvalue weighted by molar-refractivity contribution is 0.102. The number of nitrogens with one attached hydrogen (secondary N) is 1. The van der Waals surface area contributed by atoms with E-state index in [2.05, 4.69) is 43.3 Å². The van der Waals surface area contributed by atoms with Crippen LogP contribution >= 0.6 is 15.9 Å². The summed E-state index contributed by atoms with van der Waals surface area (Å²) in [5.41, 5.74) is 2.55. The molecule has 21 heavy (non-hydrogen) atoms. The second kappa shape index (κ2) is 6.26. The maximum atomic E-state index is 12.1. The van der Waals surface area contributed by atoms with E-state index in [9.17, 15) is 4.79 Å². The molecule has 1 fully saturated rings. The predicted octanol–water partition coefficient (Wildman–Crippen LogP) is 3.70. The van der Waals surface area contributed by atoms with Gasteiger partial charge >= 0.3 is 0 Å². The lowest BCUT2D eigenvalue weighted by atomic mass is 10.2. The summed E-state index contributed by atoms with van der Waals surface area (Å²) < 4.78 is 0.791. The monoisotopic (exact) mass is 345 g/mol. The summed E-state index contributed by atoms with van der Waals surface area (Å²) in [7, 11) is 0. The van der Waals surface area contributed by atoms with Crippen LogP contribution < -0.4 is 10.2 Å². The number of halogens is 1. The van der Waals surface area contributed by atoms with Crippen LogP contribution in [0.15, 0.2) is 47.2 Å². The third kappa shape index (κ3) is 3.42. The summed E-state index contributed by atoms with van der Waals surface area (Å²) >= 11 is 3.32. The molecule has 4 nitrogen and oxygen atoms in total. The van der Waals surface area contributed by atoms with Crippen LogP contribution in [0.5, 0.6) is 0 Å². The fourth-order valence-corrected chi connectivity index (χ4v) is 2.84. The average molecular weight is 346 g/mol. The van der Waals surface area contributed by atoms with Crippen LogP contribution in [0.25, 0.3) is 0 Å². The lowest BCUT2D eigenvalue weighted by Gasteiger charge is -2.17. The highest BCUT2D eigenvalue weighted by atomic mass is 79.9. The molecule has 1 aliphatic rings. The predicted molar refractivity (Wildman–Crippen MR) is 87.8 cm³/mol. The van der Waals surface area contributed by atoms with E-state index < -0.39 is 0 Å². The first kappa shape index (κ1) is 14.1. The van der Waals surface area contributed by atoms with Gasteiger partial charge in [0.2, 0.25) is 0 Å². The van der Waals surface area contributed by atoms with Crippen molar-refractivity contribution in [1.82, 2.24) is 4.98 Å². The van der Waals surface area contributed by atoms with Crippen molar-refractivity contribution in [3.8, 4) is 0 Å². The highest BCUT2D eigenvalue weighted by Crippen LogP contribution is 2.22. The van der Waals surface area contributed by atoms with Gasteiger partial charge in [-0.2, -0.15) is 0 Å². The van der Waals surface area contributed by atoms with Gasteiger partial charge in [-0.15, -0.1) is 0 Å². The van der Waals surface area contributed by atoms with Crippen LogP contribution in [0.3, 0.4) is 0 Å². The molecule has 0 unspecified atom stereocenters. The van der Waals surface area contributed by atoms with Gasteiger partial charge in [-0.1, -0.05) is 0 Å². The molecule has 1 N–H and O–H groups in total. The van der Waals surface area contributed by atoms with Crippen LogP contribution in [-0.4, -0.2) is 24.0 Å². The number of benzene rings is 1. The average Bonchev–Trinajstić information content (AvgIpc) is 3.02. The Morgan fingerprint density at radius 2 is 1.86 bits per heavy atom. The minimum absolute atomic E-state index is 0.155. The Morgan fingerprint density at radius 3 is 2.52 bits per heavy atom. The highest BCUT2D eigenvalue weighted by Gasteiger charge is 2.12. The Hall–Kier alpha value is -1.88. The van der Waals surface area contributed by atoms with Gasteiger partial charge in [0, 0.05) is 41.3 Å². The van der Waals surface area contributed by atoms with Crippen molar-refractivity contribution in [3.05, 3.63) is 52.8 Å². The van der Waals surface area contributed by atoms with E-state index in [4.69, 9.17) is 0 Å². The number of pyridine rings is 1. The zero-order chi connectivity index (χ0) is 14.7. The molecule has 2 heterocycles. The first-order chi connectivity index (χ1) is 10.2. The van der Waals surface area contributed by atoms with Crippen molar-refractivity contribution in [2.24, 2.45) is 0 Å². The summed E-state index contributed by atoms with van der Waals surface area (Å²) in [6.45, 7) is 2.24. The molecule has 1 saturated heterocycles. The van der Waals surface area contributed by atoms with Crippen molar-refractivity contribution in [1.29, 1.82) is 0 Å². The van der Waals surface area contributed by atoms with Crippen molar-refractivity contribution in [3.63, 3.8) is 0 Å². The second-order valence-electron chi connectivity index (χ2n) is 5.09.